The molecule has 0 aromatic heterocycles. The van der Waals surface area contributed by atoms with Crippen LogP contribution >= 0.6 is 0 Å². The molecule has 1 aliphatic rings. The first-order valence-electron chi connectivity index (χ1n) is 3.81. The molecule has 0 saturated heterocycles. The second-order valence-corrected chi connectivity index (χ2v) is 2.75. The highest BCUT2D eigenvalue weighted by Crippen LogP contribution is 2.24. The SMILES string of the molecule is CCC1=CC=CC1[C@H](C)O. The van der Waals surface area contributed by atoms with Crippen molar-refractivity contribution in [3.05, 3.63) is 23.8 Å². The Balaban J connectivity index is 2.62. The van der Waals surface area contributed by atoms with Gasteiger partial charge in [0.05, 0.1) is 6.10 Å². The van der Waals surface area contributed by atoms with Gasteiger partial charge in [0, 0.05) is 5.92 Å². The Morgan fingerprint density at radius 2 is 2.40 bits per heavy atom. The molecule has 1 aliphatic carbocycles. The van der Waals surface area contributed by atoms with E-state index in [1.165, 1.54) is 5.57 Å². The molecular formula is C9H14O. The van der Waals surface area contributed by atoms with Crippen molar-refractivity contribution in [2.24, 2.45) is 5.92 Å². The summed E-state index contributed by atoms with van der Waals surface area (Å²) in [6.45, 7) is 3.96. The summed E-state index contributed by atoms with van der Waals surface area (Å²) in [7, 11) is 0. The molecule has 0 aliphatic heterocycles. The molecule has 0 radical (unpaired) electrons. The van der Waals surface area contributed by atoms with Gasteiger partial charge in [-0.2, -0.15) is 0 Å². The molecule has 0 spiro atoms. The lowest BCUT2D eigenvalue weighted by Gasteiger charge is -2.14. The van der Waals surface area contributed by atoms with Crippen molar-refractivity contribution >= 4 is 0 Å². The zero-order valence-corrected chi connectivity index (χ0v) is 6.54. The van der Waals surface area contributed by atoms with E-state index in [0.717, 1.165) is 6.42 Å². The van der Waals surface area contributed by atoms with Gasteiger partial charge in [-0.25, -0.2) is 0 Å². The minimum absolute atomic E-state index is 0.232. The quantitative estimate of drug-likeness (QED) is 0.617. The molecule has 10 heavy (non-hydrogen) atoms. The lowest BCUT2D eigenvalue weighted by Crippen LogP contribution is -2.14. The molecule has 0 aromatic rings. The van der Waals surface area contributed by atoms with Crippen LogP contribution in [0.4, 0.5) is 0 Å². The molecule has 0 saturated carbocycles. The molecule has 1 rings (SSSR count). The van der Waals surface area contributed by atoms with Crippen LogP contribution in [0.2, 0.25) is 0 Å². The number of hydrogen-bond donors (Lipinski definition) is 1. The summed E-state index contributed by atoms with van der Waals surface area (Å²) in [6, 6.07) is 0. The highest BCUT2D eigenvalue weighted by atomic mass is 16.3. The Kier molecular flexibility index (Phi) is 2.28. The van der Waals surface area contributed by atoms with Gasteiger partial charge in [0.2, 0.25) is 0 Å². The van der Waals surface area contributed by atoms with Gasteiger partial charge in [-0.3, -0.25) is 0 Å². The average Bonchev–Trinajstić information content (AvgIpc) is 2.33. The summed E-state index contributed by atoms with van der Waals surface area (Å²) >= 11 is 0. The third-order valence-corrected chi connectivity index (χ3v) is 1.98. The predicted octanol–water partition coefficient (Wildman–Crippen LogP) is 1.89. The molecule has 56 valence electrons. The molecule has 0 fully saturated rings. The molecule has 0 aromatic carbocycles. The van der Waals surface area contributed by atoms with Crippen LogP contribution < -0.4 is 0 Å². The summed E-state index contributed by atoms with van der Waals surface area (Å²) in [5.41, 5.74) is 1.34. The topological polar surface area (TPSA) is 20.2 Å². The minimum Gasteiger partial charge on any atom is -0.392 e. The summed E-state index contributed by atoms with van der Waals surface area (Å²) in [4.78, 5) is 0. The van der Waals surface area contributed by atoms with Crippen molar-refractivity contribution in [1.29, 1.82) is 0 Å². The van der Waals surface area contributed by atoms with Crippen LogP contribution in [0.3, 0.4) is 0 Å². The van der Waals surface area contributed by atoms with Crippen molar-refractivity contribution in [3.63, 3.8) is 0 Å². The predicted molar refractivity (Wildman–Crippen MR) is 42.7 cm³/mol. The van der Waals surface area contributed by atoms with E-state index in [-0.39, 0.29) is 12.0 Å². The van der Waals surface area contributed by atoms with Crippen molar-refractivity contribution in [1.82, 2.24) is 0 Å². The van der Waals surface area contributed by atoms with E-state index in [9.17, 15) is 5.11 Å². The maximum Gasteiger partial charge on any atom is 0.0612 e. The smallest absolute Gasteiger partial charge is 0.0612 e. The van der Waals surface area contributed by atoms with E-state index >= 15 is 0 Å². The average molecular weight is 138 g/mol. The van der Waals surface area contributed by atoms with E-state index in [2.05, 4.69) is 19.1 Å². The van der Waals surface area contributed by atoms with Crippen LogP contribution in [0.1, 0.15) is 20.3 Å². The van der Waals surface area contributed by atoms with Crippen LogP contribution in [-0.4, -0.2) is 11.2 Å². The molecular weight excluding hydrogens is 124 g/mol. The lowest BCUT2D eigenvalue weighted by atomic mass is 9.96. The minimum atomic E-state index is -0.232. The Labute approximate surface area is 62.1 Å². The maximum absolute atomic E-state index is 9.26. The molecule has 1 unspecified atom stereocenters. The third kappa shape index (κ3) is 1.29. The van der Waals surface area contributed by atoms with Crippen molar-refractivity contribution in [2.75, 3.05) is 0 Å². The second kappa shape index (κ2) is 3.02. The van der Waals surface area contributed by atoms with Gasteiger partial charge in [-0.1, -0.05) is 30.7 Å². The fourth-order valence-electron chi connectivity index (χ4n) is 1.36. The third-order valence-electron chi connectivity index (χ3n) is 1.98. The van der Waals surface area contributed by atoms with Gasteiger partial charge in [-0.15, -0.1) is 0 Å². The van der Waals surface area contributed by atoms with Gasteiger partial charge < -0.3 is 5.11 Å². The monoisotopic (exact) mass is 138 g/mol. The number of hydrogen-bond acceptors (Lipinski definition) is 1. The van der Waals surface area contributed by atoms with E-state index in [1.807, 2.05) is 13.0 Å². The summed E-state index contributed by atoms with van der Waals surface area (Å²) in [5, 5.41) is 9.26. The number of allylic oxidation sites excluding steroid dienone is 2. The fourth-order valence-corrected chi connectivity index (χ4v) is 1.36. The molecule has 0 bridgehead atoms. The van der Waals surface area contributed by atoms with E-state index in [0.29, 0.717) is 0 Å². The van der Waals surface area contributed by atoms with E-state index < -0.39 is 0 Å². The van der Waals surface area contributed by atoms with E-state index in [1.54, 1.807) is 0 Å². The van der Waals surface area contributed by atoms with Crippen molar-refractivity contribution in [3.8, 4) is 0 Å². The first-order valence-corrected chi connectivity index (χ1v) is 3.81. The number of aliphatic hydroxyl groups excluding tert-OH is 1. The highest BCUT2D eigenvalue weighted by Gasteiger charge is 2.17. The summed E-state index contributed by atoms with van der Waals surface area (Å²) < 4.78 is 0. The highest BCUT2D eigenvalue weighted by molar-refractivity contribution is 5.28. The van der Waals surface area contributed by atoms with Crippen LogP contribution in [0.25, 0.3) is 0 Å². The van der Waals surface area contributed by atoms with Crippen LogP contribution in [0, 0.1) is 5.92 Å². The van der Waals surface area contributed by atoms with Crippen molar-refractivity contribution in [2.45, 2.75) is 26.4 Å². The Bertz CT molecular complexity index is 166. The summed E-state index contributed by atoms with van der Waals surface area (Å²) in [6.07, 6.45) is 6.99. The van der Waals surface area contributed by atoms with Gasteiger partial charge in [0.25, 0.3) is 0 Å². The Hall–Kier alpha value is -0.560. The summed E-state index contributed by atoms with van der Waals surface area (Å²) in [5.74, 6) is 0.282. The lowest BCUT2D eigenvalue weighted by molar-refractivity contribution is 0.164. The molecule has 0 heterocycles. The van der Waals surface area contributed by atoms with Crippen LogP contribution in [0.5, 0.6) is 0 Å². The number of aliphatic hydroxyl groups is 1. The second-order valence-electron chi connectivity index (χ2n) is 2.75. The van der Waals surface area contributed by atoms with Gasteiger partial charge in [0.1, 0.15) is 0 Å². The first kappa shape index (κ1) is 7.55. The van der Waals surface area contributed by atoms with E-state index in [4.69, 9.17) is 0 Å². The molecule has 0 amide bonds. The first-order chi connectivity index (χ1) is 4.75. The fraction of sp³-hybridized carbons (Fsp3) is 0.556. The zero-order chi connectivity index (χ0) is 7.56. The molecule has 1 nitrogen and oxygen atoms in total. The molecule has 2 atom stereocenters. The van der Waals surface area contributed by atoms with Gasteiger partial charge in [-0.05, 0) is 13.3 Å². The largest absolute Gasteiger partial charge is 0.392 e. The van der Waals surface area contributed by atoms with Crippen LogP contribution in [-0.2, 0) is 0 Å². The maximum atomic E-state index is 9.26. The normalized spacial score (nSPS) is 26.7. The van der Waals surface area contributed by atoms with Crippen molar-refractivity contribution < 1.29 is 5.11 Å². The standard InChI is InChI=1S/C9H14O/c1-3-8-5-4-6-9(8)7(2)10/h4-7,9-10H,3H2,1-2H3/t7-,9?/m0/s1. The Morgan fingerprint density at radius 3 is 2.80 bits per heavy atom. The Morgan fingerprint density at radius 1 is 1.70 bits per heavy atom. The van der Waals surface area contributed by atoms with Crippen LogP contribution in [0.15, 0.2) is 23.8 Å². The zero-order valence-electron chi connectivity index (χ0n) is 6.54. The van der Waals surface area contributed by atoms with Gasteiger partial charge >= 0.3 is 0 Å². The van der Waals surface area contributed by atoms with Gasteiger partial charge in [0.15, 0.2) is 0 Å². The molecule has 1 heteroatoms. The molecule has 1 N–H and O–H groups in total. The number of rotatable bonds is 2.